The Hall–Kier alpha value is -2.08. The second-order valence-electron chi connectivity index (χ2n) is 6.00. The average molecular weight is 274 g/mol. The molecule has 106 valence electrons. The predicted molar refractivity (Wildman–Crippen MR) is 91.9 cm³/mol. The third kappa shape index (κ3) is 3.16. The van der Waals surface area contributed by atoms with Crippen molar-refractivity contribution in [2.45, 2.75) is 32.6 Å². The number of rotatable bonds is 4. The molecular formula is C21H22. The van der Waals surface area contributed by atoms with Crippen LogP contribution in [0.3, 0.4) is 0 Å². The summed E-state index contributed by atoms with van der Waals surface area (Å²) in [6.45, 7) is 4.51. The first-order chi connectivity index (χ1) is 10.2. The summed E-state index contributed by atoms with van der Waals surface area (Å²) in [6.07, 6.45) is 2.34. The van der Waals surface area contributed by atoms with Crippen LogP contribution in [0.4, 0.5) is 0 Å². The SMILES string of the molecule is Cc1cccc(CC[C@H](C)c2cccc3ccccc23)c1. The van der Waals surface area contributed by atoms with E-state index in [9.17, 15) is 0 Å². The van der Waals surface area contributed by atoms with Crippen molar-refractivity contribution in [2.24, 2.45) is 0 Å². The minimum Gasteiger partial charge on any atom is -0.0617 e. The zero-order valence-electron chi connectivity index (χ0n) is 12.8. The largest absolute Gasteiger partial charge is 0.0617 e. The molecule has 1 atom stereocenters. The van der Waals surface area contributed by atoms with Crippen molar-refractivity contribution in [3.05, 3.63) is 83.4 Å². The van der Waals surface area contributed by atoms with E-state index in [-0.39, 0.29) is 0 Å². The number of aryl methyl sites for hydroxylation is 2. The fourth-order valence-corrected chi connectivity index (χ4v) is 3.09. The Morgan fingerprint density at radius 3 is 2.48 bits per heavy atom. The van der Waals surface area contributed by atoms with E-state index >= 15 is 0 Å². The van der Waals surface area contributed by atoms with Gasteiger partial charge in [0, 0.05) is 0 Å². The van der Waals surface area contributed by atoms with Crippen LogP contribution in [-0.2, 0) is 6.42 Å². The molecule has 0 spiro atoms. The minimum atomic E-state index is 0.580. The lowest BCUT2D eigenvalue weighted by atomic mass is 9.90. The fraction of sp³-hybridized carbons (Fsp3) is 0.238. The molecule has 0 amide bonds. The zero-order chi connectivity index (χ0) is 14.7. The van der Waals surface area contributed by atoms with Gasteiger partial charge in [0.15, 0.2) is 0 Å². The van der Waals surface area contributed by atoms with E-state index in [2.05, 4.69) is 80.6 Å². The fourth-order valence-electron chi connectivity index (χ4n) is 3.09. The first kappa shape index (κ1) is 13.9. The summed E-state index contributed by atoms with van der Waals surface area (Å²) < 4.78 is 0. The molecule has 0 bridgehead atoms. The van der Waals surface area contributed by atoms with Gasteiger partial charge >= 0.3 is 0 Å². The first-order valence-electron chi connectivity index (χ1n) is 7.77. The Balaban J connectivity index is 1.79. The van der Waals surface area contributed by atoms with Gasteiger partial charge in [0.25, 0.3) is 0 Å². The topological polar surface area (TPSA) is 0 Å². The van der Waals surface area contributed by atoms with Crippen LogP contribution in [0.2, 0.25) is 0 Å². The van der Waals surface area contributed by atoms with Gasteiger partial charge in [0.1, 0.15) is 0 Å². The molecule has 21 heavy (non-hydrogen) atoms. The maximum absolute atomic E-state index is 2.34. The highest BCUT2D eigenvalue weighted by molar-refractivity contribution is 5.86. The summed E-state index contributed by atoms with van der Waals surface area (Å²) in [4.78, 5) is 0. The number of benzene rings is 3. The van der Waals surface area contributed by atoms with E-state index in [1.807, 2.05) is 0 Å². The van der Waals surface area contributed by atoms with E-state index in [0.29, 0.717) is 5.92 Å². The van der Waals surface area contributed by atoms with Crippen molar-refractivity contribution < 1.29 is 0 Å². The van der Waals surface area contributed by atoms with Crippen molar-refractivity contribution in [1.82, 2.24) is 0 Å². The maximum Gasteiger partial charge on any atom is -0.0149 e. The van der Waals surface area contributed by atoms with Gasteiger partial charge in [-0.15, -0.1) is 0 Å². The van der Waals surface area contributed by atoms with E-state index in [0.717, 1.165) is 6.42 Å². The lowest BCUT2D eigenvalue weighted by molar-refractivity contribution is 0.684. The number of hydrogen-bond donors (Lipinski definition) is 0. The molecule has 0 aromatic heterocycles. The maximum atomic E-state index is 2.34. The van der Waals surface area contributed by atoms with Gasteiger partial charge in [-0.1, -0.05) is 79.2 Å². The Labute approximate surface area is 127 Å². The Morgan fingerprint density at radius 2 is 1.62 bits per heavy atom. The summed E-state index contributed by atoms with van der Waals surface area (Å²) in [5.41, 5.74) is 4.27. The molecule has 0 aliphatic heterocycles. The molecule has 0 saturated carbocycles. The predicted octanol–water partition coefficient (Wildman–Crippen LogP) is 5.88. The van der Waals surface area contributed by atoms with Gasteiger partial charge in [0.05, 0.1) is 0 Å². The zero-order valence-corrected chi connectivity index (χ0v) is 12.8. The monoisotopic (exact) mass is 274 g/mol. The molecule has 0 nitrogen and oxygen atoms in total. The van der Waals surface area contributed by atoms with Crippen molar-refractivity contribution in [3.63, 3.8) is 0 Å². The summed E-state index contributed by atoms with van der Waals surface area (Å²) in [7, 11) is 0. The Kier molecular flexibility index (Phi) is 4.06. The second-order valence-corrected chi connectivity index (χ2v) is 6.00. The van der Waals surface area contributed by atoms with Crippen LogP contribution in [0.15, 0.2) is 66.7 Å². The molecular weight excluding hydrogens is 252 g/mol. The molecule has 3 rings (SSSR count). The molecule has 3 aromatic rings. The Morgan fingerprint density at radius 1 is 0.857 bits per heavy atom. The summed E-state index contributed by atoms with van der Waals surface area (Å²) >= 11 is 0. The van der Waals surface area contributed by atoms with E-state index in [4.69, 9.17) is 0 Å². The van der Waals surface area contributed by atoms with E-state index in [1.165, 1.54) is 33.9 Å². The van der Waals surface area contributed by atoms with Gasteiger partial charge in [-0.2, -0.15) is 0 Å². The highest BCUT2D eigenvalue weighted by Crippen LogP contribution is 2.28. The summed E-state index contributed by atoms with van der Waals surface area (Å²) in [5, 5.41) is 2.74. The summed E-state index contributed by atoms with van der Waals surface area (Å²) in [5.74, 6) is 0.580. The van der Waals surface area contributed by atoms with Crippen LogP contribution in [-0.4, -0.2) is 0 Å². The van der Waals surface area contributed by atoms with Gasteiger partial charge in [0.2, 0.25) is 0 Å². The van der Waals surface area contributed by atoms with Crippen LogP contribution < -0.4 is 0 Å². The first-order valence-corrected chi connectivity index (χ1v) is 7.77. The quantitative estimate of drug-likeness (QED) is 0.557. The highest BCUT2D eigenvalue weighted by atomic mass is 14.1. The minimum absolute atomic E-state index is 0.580. The van der Waals surface area contributed by atoms with E-state index in [1.54, 1.807) is 0 Å². The average Bonchev–Trinajstić information content (AvgIpc) is 2.52. The van der Waals surface area contributed by atoms with Gasteiger partial charge in [-0.3, -0.25) is 0 Å². The van der Waals surface area contributed by atoms with Crippen molar-refractivity contribution in [3.8, 4) is 0 Å². The third-order valence-electron chi connectivity index (χ3n) is 4.30. The van der Waals surface area contributed by atoms with Gasteiger partial charge < -0.3 is 0 Å². The van der Waals surface area contributed by atoms with Crippen LogP contribution in [0.25, 0.3) is 10.8 Å². The van der Waals surface area contributed by atoms with Crippen molar-refractivity contribution in [1.29, 1.82) is 0 Å². The van der Waals surface area contributed by atoms with Gasteiger partial charge in [-0.05, 0) is 47.6 Å². The summed E-state index contributed by atoms with van der Waals surface area (Å²) in [6, 6.07) is 24.2. The van der Waals surface area contributed by atoms with Gasteiger partial charge in [-0.25, -0.2) is 0 Å². The van der Waals surface area contributed by atoms with Crippen LogP contribution in [0.1, 0.15) is 36.0 Å². The molecule has 0 heterocycles. The molecule has 0 aliphatic rings. The third-order valence-corrected chi connectivity index (χ3v) is 4.30. The smallest absolute Gasteiger partial charge is 0.0149 e. The van der Waals surface area contributed by atoms with Crippen LogP contribution in [0.5, 0.6) is 0 Å². The molecule has 3 aromatic carbocycles. The molecule has 0 N–H and O–H groups in total. The van der Waals surface area contributed by atoms with Crippen LogP contribution in [0, 0.1) is 6.92 Å². The number of hydrogen-bond acceptors (Lipinski definition) is 0. The molecule has 0 heteroatoms. The second kappa shape index (κ2) is 6.13. The van der Waals surface area contributed by atoms with Crippen molar-refractivity contribution in [2.75, 3.05) is 0 Å². The van der Waals surface area contributed by atoms with E-state index < -0.39 is 0 Å². The molecule has 0 unspecified atom stereocenters. The Bertz CT molecular complexity index is 734. The van der Waals surface area contributed by atoms with Crippen molar-refractivity contribution >= 4 is 10.8 Å². The highest BCUT2D eigenvalue weighted by Gasteiger charge is 2.09. The lowest BCUT2D eigenvalue weighted by Gasteiger charge is -2.15. The molecule has 0 saturated heterocycles. The van der Waals surface area contributed by atoms with Crippen LogP contribution >= 0.6 is 0 Å². The normalized spacial score (nSPS) is 12.5. The molecule has 0 fully saturated rings. The molecule has 0 aliphatic carbocycles. The molecule has 0 radical (unpaired) electrons. The standard InChI is InChI=1S/C21H22/c1-16-7-5-8-18(15-16)14-13-17(2)20-12-6-10-19-9-3-4-11-21(19)20/h3-12,15,17H,13-14H2,1-2H3/t17-/m0/s1. The number of fused-ring (bicyclic) bond motifs is 1. The lowest BCUT2D eigenvalue weighted by Crippen LogP contribution is -1.98.